The van der Waals surface area contributed by atoms with E-state index in [2.05, 4.69) is 4.72 Å². The summed E-state index contributed by atoms with van der Waals surface area (Å²) in [5.74, 6) is -1.49. The Morgan fingerprint density at radius 1 is 1.47 bits per heavy atom. The fraction of sp³-hybridized carbons (Fsp3) is 0.364. The van der Waals surface area contributed by atoms with Crippen molar-refractivity contribution in [3.63, 3.8) is 0 Å². The first-order valence-electron chi connectivity index (χ1n) is 5.47. The van der Waals surface area contributed by atoms with E-state index in [1.165, 1.54) is 18.2 Å². The number of ether oxygens (including phenoxy) is 1. The number of aromatic carboxylic acids is 1. The monoisotopic (exact) mass is 307 g/mol. The molecule has 0 saturated carbocycles. The number of carboxylic acids is 1. The van der Waals surface area contributed by atoms with Gasteiger partial charge in [0, 0.05) is 11.6 Å². The van der Waals surface area contributed by atoms with Gasteiger partial charge in [0.25, 0.3) is 0 Å². The van der Waals surface area contributed by atoms with Gasteiger partial charge < -0.3 is 9.84 Å². The van der Waals surface area contributed by atoms with E-state index in [1.54, 1.807) is 6.92 Å². The molecule has 1 rings (SSSR count). The molecule has 106 valence electrons. The highest BCUT2D eigenvalue weighted by molar-refractivity contribution is 7.92. The maximum atomic E-state index is 11.7. The molecule has 0 aromatic heterocycles. The quantitative estimate of drug-likeness (QED) is 0.749. The predicted molar refractivity (Wildman–Crippen MR) is 72.3 cm³/mol. The molecule has 2 N–H and O–H groups in total. The van der Waals surface area contributed by atoms with Gasteiger partial charge >= 0.3 is 5.97 Å². The van der Waals surface area contributed by atoms with E-state index in [-0.39, 0.29) is 28.6 Å². The zero-order chi connectivity index (χ0) is 14.5. The van der Waals surface area contributed by atoms with E-state index >= 15 is 0 Å². The van der Waals surface area contributed by atoms with Crippen LogP contribution in [0.5, 0.6) is 0 Å². The smallest absolute Gasteiger partial charge is 0.337 e. The van der Waals surface area contributed by atoms with Gasteiger partial charge in [-0.2, -0.15) is 0 Å². The second kappa shape index (κ2) is 6.74. The second-order valence-electron chi connectivity index (χ2n) is 3.61. The Balaban J connectivity index is 2.92. The molecule has 0 aliphatic heterocycles. The Morgan fingerprint density at radius 3 is 2.74 bits per heavy atom. The largest absolute Gasteiger partial charge is 0.478 e. The molecule has 0 fully saturated rings. The summed E-state index contributed by atoms with van der Waals surface area (Å²) in [6, 6.07) is 3.87. The lowest BCUT2D eigenvalue weighted by Gasteiger charge is -2.10. The van der Waals surface area contributed by atoms with Crippen molar-refractivity contribution in [3.8, 4) is 0 Å². The number of hydrogen-bond acceptors (Lipinski definition) is 4. The number of sulfonamides is 1. The van der Waals surface area contributed by atoms with E-state index in [9.17, 15) is 13.2 Å². The van der Waals surface area contributed by atoms with Crippen LogP contribution in [0.2, 0.25) is 5.02 Å². The third-order valence-electron chi connectivity index (χ3n) is 2.18. The van der Waals surface area contributed by atoms with Crippen LogP contribution in [0.4, 0.5) is 5.69 Å². The topological polar surface area (TPSA) is 92.7 Å². The van der Waals surface area contributed by atoms with Crippen LogP contribution in [0.15, 0.2) is 18.2 Å². The molecule has 0 saturated heterocycles. The zero-order valence-electron chi connectivity index (χ0n) is 10.2. The second-order valence-corrected chi connectivity index (χ2v) is 5.89. The van der Waals surface area contributed by atoms with Crippen molar-refractivity contribution in [1.82, 2.24) is 0 Å². The summed E-state index contributed by atoms with van der Waals surface area (Å²) in [6.07, 6.45) is 0. The fourth-order valence-corrected chi connectivity index (χ4v) is 2.43. The number of nitrogens with one attached hydrogen (secondary N) is 1. The molecule has 1 aromatic carbocycles. The van der Waals surface area contributed by atoms with Crippen LogP contribution in [-0.2, 0) is 14.8 Å². The molecular weight excluding hydrogens is 294 g/mol. The molecule has 0 amide bonds. The van der Waals surface area contributed by atoms with Crippen molar-refractivity contribution >= 4 is 33.3 Å². The van der Waals surface area contributed by atoms with Crippen LogP contribution < -0.4 is 4.72 Å². The molecule has 0 unspecified atom stereocenters. The Kier molecular flexibility index (Phi) is 5.59. The number of hydrogen-bond donors (Lipinski definition) is 2. The first-order valence-corrected chi connectivity index (χ1v) is 7.50. The zero-order valence-corrected chi connectivity index (χ0v) is 11.8. The standard InChI is InChI=1S/C11H14ClNO5S/c1-2-18-5-6-19(16,17)13-10-7-8(12)3-4-9(10)11(14)15/h3-4,7,13H,2,5-6H2,1H3,(H,14,15). The molecule has 0 aliphatic rings. The van der Waals surface area contributed by atoms with E-state index in [4.69, 9.17) is 21.4 Å². The van der Waals surface area contributed by atoms with Gasteiger partial charge in [-0.25, -0.2) is 13.2 Å². The van der Waals surface area contributed by atoms with Crippen molar-refractivity contribution in [2.24, 2.45) is 0 Å². The summed E-state index contributed by atoms with van der Waals surface area (Å²) in [4.78, 5) is 11.0. The molecule has 8 heteroatoms. The number of rotatable bonds is 7. The van der Waals surface area contributed by atoms with Gasteiger partial charge in [-0.1, -0.05) is 11.6 Å². The summed E-state index contributed by atoms with van der Waals surface area (Å²) < 4.78 is 30.6. The molecule has 0 aliphatic carbocycles. The van der Waals surface area contributed by atoms with Crippen molar-refractivity contribution in [2.75, 3.05) is 23.7 Å². The van der Waals surface area contributed by atoms with Crippen LogP contribution in [0.1, 0.15) is 17.3 Å². The molecule has 19 heavy (non-hydrogen) atoms. The fourth-order valence-electron chi connectivity index (χ4n) is 1.32. The number of anilines is 1. The highest BCUT2D eigenvalue weighted by Crippen LogP contribution is 2.22. The van der Waals surface area contributed by atoms with E-state index in [0.29, 0.717) is 6.61 Å². The normalized spacial score (nSPS) is 11.3. The molecule has 6 nitrogen and oxygen atoms in total. The minimum Gasteiger partial charge on any atom is -0.478 e. The highest BCUT2D eigenvalue weighted by Gasteiger charge is 2.16. The van der Waals surface area contributed by atoms with Crippen LogP contribution in [-0.4, -0.2) is 38.5 Å². The molecule has 0 bridgehead atoms. The van der Waals surface area contributed by atoms with Gasteiger partial charge in [-0.05, 0) is 25.1 Å². The van der Waals surface area contributed by atoms with Gasteiger partial charge in [-0.3, -0.25) is 4.72 Å². The van der Waals surface area contributed by atoms with Crippen LogP contribution in [0.25, 0.3) is 0 Å². The minimum atomic E-state index is -3.68. The third kappa shape index (κ3) is 5.06. The Hall–Kier alpha value is -1.31. The van der Waals surface area contributed by atoms with Gasteiger partial charge in [-0.15, -0.1) is 0 Å². The summed E-state index contributed by atoms with van der Waals surface area (Å²) >= 11 is 5.72. The number of halogens is 1. The minimum absolute atomic E-state index is 0.0365. The van der Waals surface area contributed by atoms with Crippen molar-refractivity contribution in [1.29, 1.82) is 0 Å². The molecular formula is C11H14ClNO5S. The highest BCUT2D eigenvalue weighted by atomic mass is 35.5. The van der Waals surface area contributed by atoms with Gasteiger partial charge in [0.05, 0.1) is 23.6 Å². The van der Waals surface area contributed by atoms with Crippen LogP contribution in [0, 0.1) is 0 Å². The lowest BCUT2D eigenvalue weighted by molar-refractivity contribution is 0.0698. The van der Waals surface area contributed by atoms with Gasteiger partial charge in [0.15, 0.2) is 0 Å². The van der Waals surface area contributed by atoms with Crippen LogP contribution in [0.3, 0.4) is 0 Å². The van der Waals surface area contributed by atoms with E-state index < -0.39 is 16.0 Å². The van der Waals surface area contributed by atoms with Gasteiger partial charge in [0.2, 0.25) is 10.0 Å². The SMILES string of the molecule is CCOCCS(=O)(=O)Nc1cc(Cl)ccc1C(=O)O. The molecule has 0 radical (unpaired) electrons. The van der Waals surface area contributed by atoms with Gasteiger partial charge in [0.1, 0.15) is 0 Å². The Morgan fingerprint density at radius 2 is 2.16 bits per heavy atom. The molecule has 0 heterocycles. The lowest BCUT2D eigenvalue weighted by atomic mass is 10.2. The van der Waals surface area contributed by atoms with E-state index in [0.717, 1.165) is 0 Å². The number of benzene rings is 1. The summed E-state index contributed by atoms with van der Waals surface area (Å²) in [5.41, 5.74) is -0.221. The molecule has 0 spiro atoms. The summed E-state index contributed by atoms with van der Waals surface area (Å²) in [6.45, 7) is 2.20. The van der Waals surface area contributed by atoms with E-state index in [1.807, 2.05) is 0 Å². The molecule has 0 atom stereocenters. The molecule has 1 aromatic rings. The van der Waals surface area contributed by atoms with Crippen LogP contribution >= 0.6 is 11.6 Å². The maximum absolute atomic E-state index is 11.7. The average molecular weight is 308 g/mol. The van der Waals surface area contributed by atoms with Crippen molar-refractivity contribution in [2.45, 2.75) is 6.92 Å². The predicted octanol–water partition coefficient (Wildman–Crippen LogP) is 1.82. The van der Waals surface area contributed by atoms with Crippen molar-refractivity contribution < 1.29 is 23.1 Å². The maximum Gasteiger partial charge on any atom is 0.337 e. The first-order chi connectivity index (χ1) is 8.85. The Labute approximate surface area is 116 Å². The van der Waals surface area contributed by atoms with Crippen molar-refractivity contribution in [3.05, 3.63) is 28.8 Å². The first kappa shape index (κ1) is 15.7. The number of carboxylic acid groups (broad SMARTS) is 1. The Bertz CT molecular complexity index is 558. The lowest BCUT2D eigenvalue weighted by Crippen LogP contribution is -2.21. The summed E-state index contributed by atoms with van der Waals surface area (Å²) in [5, 5.41) is 9.21. The average Bonchev–Trinajstić information content (AvgIpc) is 2.28. The number of carbonyl (C=O) groups is 1. The third-order valence-corrected chi connectivity index (χ3v) is 3.65. The summed E-state index contributed by atoms with van der Waals surface area (Å²) in [7, 11) is -3.68.